The average Bonchev–Trinajstić information content (AvgIpc) is 3.51. The molecule has 3 heterocycles. The third-order valence-corrected chi connectivity index (χ3v) is 7.66. The maximum atomic E-state index is 13.1. The number of aliphatic hydroxyl groups is 1. The number of benzene rings is 2. The van der Waals surface area contributed by atoms with Crippen molar-refractivity contribution in [2.75, 3.05) is 18.4 Å². The van der Waals surface area contributed by atoms with Crippen molar-refractivity contribution in [2.24, 2.45) is 7.05 Å². The molecule has 2 aromatic heterocycles. The maximum absolute atomic E-state index is 13.1. The molecule has 0 bridgehead atoms. The van der Waals surface area contributed by atoms with Crippen LogP contribution in [0, 0.1) is 0 Å². The Kier molecular flexibility index (Phi) is 7.52. The van der Waals surface area contributed by atoms with Gasteiger partial charge in [-0.3, -0.25) is 4.79 Å². The van der Waals surface area contributed by atoms with E-state index in [9.17, 15) is 14.7 Å². The van der Waals surface area contributed by atoms with Gasteiger partial charge in [-0.25, -0.2) is 4.79 Å². The number of hydrogen-bond donors (Lipinski definition) is 3. The molecule has 0 spiro atoms. The van der Waals surface area contributed by atoms with Crippen LogP contribution >= 0.6 is 11.3 Å². The number of carboxylic acid groups (broad SMARTS) is 1. The second-order valence-electron chi connectivity index (χ2n) is 9.16. The standard InChI is InChI=1S/C28H29N3O6S/c1-30-24-11-14-38-26(24)15-25(30)27(33)29-23-4-2-3-18(16-32)22(23)17-36-19-5-7-20(8-6-19)37-21-9-12-31(13-10-21)28(34)35/h2-8,11,14-15,21,32H,9-10,12-13,16-17H2,1H3,(H,29,33)(H,34,35). The first kappa shape index (κ1) is 25.6. The number of anilines is 1. The normalized spacial score (nSPS) is 14.0. The second kappa shape index (κ2) is 11.2. The van der Waals surface area contributed by atoms with Gasteiger partial charge in [0.2, 0.25) is 0 Å². The van der Waals surface area contributed by atoms with Gasteiger partial charge < -0.3 is 34.5 Å². The highest BCUT2D eigenvalue weighted by Gasteiger charge is 2.23. The van der Waals surface area contributed by atoms with E-state index >= 15 is 0 Å². The zero-order valence-electron chi connectivity index (χ0n) is 20.9. The second-order valence-corrected chi connectivity index (χ2v) is 10.1. The van der Waals surface area contributed by atoms with Gasteiger partial charge in [-0.15, -0.1) is 11.3 Å². The Bertz CT molecular complexity index is 1440. The van der Waals surface area contributed by atoms with Gasteiger partial charge in [0.15, 0.2) is 0 Å². The van der Waals surface area contributed by atoms with Crippen molar-refractivity contribution >= 4 is 39.2 Å². The first-order valence-corrected chi connectivity index (χ1v) is 13.2. The van der Waals surface area contributed by atoms with Crippen LogP contribution < -0.4 is 14.8 Å². The Morgan fingerprint density at radius 3 is 2.50 bits per heavy atom. The van der Waals surface area contributed by atoms with Crippen molar-refractivity contribution < 1.29 is 29.3 Å². The van der Waals surface area contributed by atoms with E-state index in [0.717, 1.165) is 10.2 Å². The lowest BCUT2D eigenvalue weighted by Crippen LogP contribution is -2.41. The molecule has 0 aliphatic carbocycles. The molecule has 1 aliphatic rings. The molecule has 1 fully saturated rings. The largest absolute Gasteiger partial charge is 0.490 e. The number of carbonyl (C=O) groups is 2. The molecular weight excluding hydrogens is 506 g/mol. The van der Waals surface area contributed by atoms with E-state index in [0.29, 0.717) is 59.9 Å². The summed E-state index contributed by atoms with van der Waals surface area (Å²) in [6.45, 7) is 0.900. The van der Waals surface area contributed by atoms with Gasteiger partial charge in [0, 0.05) is 44.2 Å². The summed E-state index contributed by atoms with van der Waals surface area (Å²) in [7, 11) is 1.87. The molecule has 9 nitrogen and oxygen atoms in total. The number of hydrogen-bond acceptors (Lipinski definition) is 6. The predicted octanol–water partition coefficient (Wildman–Crippen LogP) is 5.08. The number of likely N-dealkylation sites (tertiary alicyclic amines) is 1. The highest BCUT2D eigenvalue weighted by Crippen LogP contribution is 2.28. The molecule has 10 heteroatoms. The molecule has 198 valence electrons. The van der Waals surface area contributed by atoms with Crippen LogP contribution in [0.3, 0.4) is 0 Å². The molecule has 1 saturated heterocycles. The van der Waals surface area contributed by atoms with Crippen LogP contribution in [0.4, 0.5) is 10.5 Å². The predicted molar refractivity (Wildman–Crippen MR) is 145 cm³/mol. The Hall–Kier alpha value is -4.02. The molecule has 4 aromatic rings. The van der Waals surface area contributed by atoms with Crippen molar-refractivity contribution in [3.63, 3.8) is 0 Å². The topological polar surface area (TPSA) is 113 Å². The number of fused-ring (bicyclic) bond motifs is 1. The van der Waals surface area contributed by atoms with Crippen LogP contribution in [0.25, 0.3) is 10.2 Å². The Balaban J connectivity index is 1.23. The van der Waals surface area contributed by atoms with Crippen LogP contribution in [0.15, 0.2) is 60.0 Å². The van der Waals surface area contributed by atoms with E-state index in [1.807, 2.05) is 41.3 Å². The highest BCUT2D eigenvalue weighted by molar-refractivity contribution is 7.17. The summed E-state index contributed by atoms with van der Waals surface area (Å²) in [5, 5.41) is 24.0. The minimum Gasteiger partial charge on any atom is -0.490 e. The molecule has 0 atom stereocenters. The number of aryl methyl sites for hydroxylation is 1. The van der Waals surface area contributed by atoms with E-state index in [1.165, 1.54) is 4.90 Å². The molecular formula is C28H29N3O6S. The van der Waals surface area contributed by atoms with Crippen LogP contribution in [0.2, 0.25) is 0 Å². The van der Waals surface area contributed by atoms with Crippen molar-refractivity contribution in [3.8, 4) is 11.5 Å². The zero-order valence-corrected chi connectivity index (χ0v) is 21.7. The maximum Gasteiger partial charge on any atom is 0.407 e. The summed E-state index contributed by atoms with van der Waals surface area (Å²) < 4.78 is 14.9. The van der Waals surface area contributed by atoms with Crippen molar-refractivity contribution in [2.45, 2.75) is 32.2 Å². The van der Waals surface area contributed by atoms with Gasteiger partial charge in [-0.1, -0.05) is 12.1 Å². The SMILES string of the molecule is Cn1c(C(=O)Nc2cccc(CO)c2COc2ccc(OC3CCN(C(=O)O)CC3)cc2)cc2sccc21. The van der Waals surface area contributed by atoms with E-state index in [1.54, 1.807) is 41.7 Å². The Labute approximate surface area is 223 Å². The summed E-state index contributed by atoms with van der Waals surface area (Å²) >= 11 is 1.59. The number of aromatic nitrogens is 1. The number of rotatable bonds is 8. The average molecular weight is 536 g/mol. The van der Waals surface area contributed by atoms with E-state index in [-0.39, 0.29) is 25.2 Å². The van der Waals surface area contributed by atoms with Crippen molar-refractivity contribution in [3.05, 3.63) is 76.8 Å². The third-order valence-electron chi connectivity index (χ3n) is 6.81. The number of aliphatic hydroxyl groups excluding tert-OH is 1. The molecule has 1 aliphatic heterocycles. The lowest BCUT2D eigenvalue weighted by atomic mass is 10.1. The number of carbonyl (C=O) groups excluding carboxylic acids is 1. The summed E-state index contributed by atoms with van der Waals surface area (Å²) in [5.74, 6) is 1.07. The Morgan fingerprint density at radius 1 is 1.08 bits per heavy atom. The molecule has 5 rings (SSSR count). The molecule has 0 radical (unpaired) electrons. The van der Waals surface area contributed by atoms with Gasteiger partial charge in [0.25, 0.3) is 5.91 Å². The van der Waals surface area contributed by atoms with Crippen LogP contribution in [0.1, 0.15) is 34.5 Å². The van der Waals surface area contributed by atoms with E-state index in [4.69, 9.17) is 14.6 Å². The Morgan fingerprint density at radius 2 is 1.82 bits per heavy atom. The van der Waals surface area contributed by atoms with E-state index in [2.05, 4.69) is 5.32 Å². The first-order valence-electron chi connectivity index (χ1n) is 12.4. The fourth-order valence-corrected chi connectivity index (χ4v) is 5.50. The first-order chi connectivity index (χ1) is 18.4. The smallest absolute Gasteiger partial charge is 0.407 e. The molecule has 0 saturated carbocycles. The summed E-state index contributed by atoms with van der Waals surface area (Å²) in [6, 6.07) is 16.5. The lowest BCUT2D eigenvalue weighted by molar-refractivity contribution is 0.0893. The van der Waals surface area contributed by atoms with Gasteiger partial charge in [0.05, 0.1) is 16.8 Å². The van der Waals surface area contributed by atoms with Gasteiger partial charge in [-0.2, -0.15) is 0 Å². The fraction of sp³-hybridized carbons (Fsp3) is 0.286. The minimum atomic E-state index is -0.893. The van der Waals surface area contributed by atoms with Crippen molar-refractivity contribution in [1.29, 1.82) is 0 Å². The zero-order chi connectivity index (χ0) is 26.6. The van der Waals surface area contributed by atoms with Crippen LogP contribution in [-0.2, 0) is 20.3 Å². The lowest BCUT2D eigenvalue weighted by Gasteiger charge is -2.30. The number of nitrogens with one attached hydrogen (secondary N) is 1. The van der Waals surface area contributed by atoms with E-state index < -0.39 is 6.09 Å². The highest BCUT2D eigenvalue weighted by atomic mass is 32.1. The molecule has 38 heavy (non-hydrogen) atoms. The summed E-state index contributed by atoms with van der Waals surface area (Å²) in [5.41, 5.74) is 3.51. The fourth-order valence-electron chi connectivity index (χ4n) is 4.65. The van der Waals surface area contributed by atoms with Gasteiger partial charge >= 0.3 is 6.09 Å². The third kappa shape index (κ3) is 5.46. The number of amides is 2. The minimum absolute atomic E-state index is 0.0278. The number of ether oxygens (including phenoxy) is 2. The van der Waals surface area contributed by atoms with Crippen molar-refractivity contribution in [1.82, 2.24) is 9.47 Å². The molecule has 3 N–H and O–H groups in total. The number of piperidine rings is 1. The molecule has 2 aromatic carbocycles. The van der Waals surface area contributed by atoms with Crippen LogP contribution in [0.5, 0.6) is 11.5 Å². The van der Waals surface area contributed by atoms with Gasteiger partial charge in [-0.05, 0) is 53.4 Å². The monoisotopic (exact) mass is 535 g/mol. The number of thiophene rings is 1. The van der Waals surface area contributed by atoms with Gasteiger partial charge in [0.1, 0.15) is 29.9 Å². The summed E-state index contributed by atoms with van der Waals surface area (Å²) in [4.78, 5) is 25.6. The molecule has 0 unspecified atom stereocenters. The summed E-state index contributed by atoms with van der Waals surface area (Å²) in [6.07, 6.45) is 0.380. The quantitative estimate of drug-likeness (QED) is 0.290. The number of nitrogens with zero attached hydrogens (tertiary/aromatic N) is 2. The van der Waals surface area contributed by atoms with Crippen LogP contribution in [-0.4, -0.2) is 50.9 Å². The molecule has 2 amide bonds.